The van der Waals surface area contributed by atoms with Crippen molar-refractivity contribution < 1.29 is 18.4 Å². The van der Waals surface area contributed by atoms with Crippen LogP contribution in [-0.4, -0.2) is 22.9 Å². The average Bonchev–Trinajstić information content (AvgIpc) is 3.26. The van der Waals surface area contributed by atoms with Crippen molar-refractivity contribution >= 4 is 22.9 Å². The van der Waals surface area contributed by atoms with Crippen LogP contribution in [0, 0.1) is 0 Å². The number of benzene rings is 1. The van der Waals surface area contributed by atoms with Crippen molar-refractivity contribution in [3.05, 3.63) is 59.0 Å². The minimum absolute atomic E-state index is 0.103. The summed E-state index contributed by atoms with van der Waals surface area (Å²) in [7, 11) is 0. The quantitative estimate of drug-likeness (QED) is 0.634. The summed E-state index contributed by atoms with van der Waals surface area (Å²) in [6.45, 7) is 0.542. The molecule has 1 aromatic carbocycles. The number of aryl methyl sites for hydroxylation is 1. The summed E-state index contributed by atoms with van der Waals surface area (Å²) in [4.78, 5) is 35.3. The molecule has 3 aromatic rings. The van der Waals surface area contributed by atoms with E-state index in [1.54, 1.807) is 30.3 Å². The lowest BCUT2D eigenvalue weighted by atomic mass is 10.2. The molecule has 0 fully saturated rings. The van der Waals surface area contributed by atoms with Crippen LogP contribution in [0.2, 0.25) is 0 Å². The van der Waals surface area contributed by atoms with Crippen LogP contribution in [0.15, 0.2) is 56.3 Å². The van der Waals surface area contributed by atoms with Crippen molar-refractivity contribution in [2.75, 3.05) is 6.54 Å². The number of fused-ring (bicyclic) bond motifs is 1. The van der Waals surface area contributed by atoms with Crippen LogP contribution in [0.1, 0.15) is 18.6 Å². The van der Waals surface area contributed by atoms with Crippen LogP contribution < -0.4 is 16.4 Å². The molecule has 0 aliphatic heterocycles. The summed E-state index contributed by atoms with van der Waals surface area (Å²) in [6.07, 6.45) is 2.19. The average molecular weight is 357 g/mol. The van der Waals surface area contributed by atoms with E-state index in [4.69, 9.17) is 8.83 Å². The largest absolute Gasteiger partial charge is 0.467 e. The molecule has 8 heteroatoms. The fourth-order valence-electron chi connectivity index (χ4n) is 2.55. The van der Waals surface area contributed by atoms with E-state index in [1.807, 2.05) is 6.07 Å². The second-order valence-corrected chi connectivity index (χ2v) is 5.72. The van der Waals surface area contributed by atoms with Gasteiger partial charge in [-0.05, 0) is 30.7 Å². The van der Waals surface area contributed by atoms with E-state index in [1.165, 1.54) is 10.8 Å². The van der Waals surface area contributed by atoms with Gasteiger partial charge in [-0.1, -0.05) is 12.1 Å². The molecule has 0 spiro atoms. The van der Waals surface area contributed by atoms with Gasteiger partial charge in [0.25, 0.3) is 0 Å². The molecule has 2 heterocycles. The van der Waals surface area contributed by atoms with E-state index < -0.39 is 5.76 Å². The summed E-state index contributed by atoms with van der Waals surface area (Å²) in [5, 5.41) is 5.19. The van der Waals surface area contributed by atoms with Crippen molar-refractivity contribution in [2.24, 2.45) is 0 Å². The molecule has 0 saturated heterocycles. The van der Waals surface area contributed by atoms with Crippen LogP contribution in [0.3, 0.4) is 0 Å². The first kappa shape index (κ1) is 17.5. The third-order valence-electron chi connectivity index (χ3n) is 3.85. The van der Waals surface area contributed by atoms with Crippen LogP contribution in [0.5, 0.6) is 0 Å². The first-order valence-electron chi connectivity index (χ1n) is 8.27. The molecule has 0 aliphatic rings. The SMILES string of the molecule is O=C(CCCn1c(=O)oc2ccccc21)NCC(=O)NCc1ccco1. The summed E-state index contributed by atoms with van der Waals surface area (Å²) in [6, 6.07) is 10.6. The van der Waals surface area contributed by atoms with Gasteiger partial charge in [-0.15, -0.1) is 0 Å². The molecule has 0 bridgehead atoms. The Labute approximate surface area is 148 Å². The van der Waals surface area contributed by atoms with Crippen LogP contribution in [0.25, 0.3) is 11.1 Å². The maximum atomic E-state index is 11.8. The van der Waals surface area contributed by atoms with Crippen LogP contribution >= 0.6 is 0 Å². The van der Waals surface area contributed by atoms with E-state index >= 15 is 0 Å². The number of rotatable bonds is 8. The Morgan fingerprint density at radius 1 is 1.04 bits per heavy atom. The third-order valence-corrected chi connectivity index (χ3v) is 3.85. The zero-order valence-electron chi connectivity index (χ0n) is 14.1. The Kier molecular flexibility index (Phi) is 5.52. The first-order valence-corrected chi connectivity index (χ1v) is 8.27. The number of aromatic nitrogens is 1. The zero-order valence-corrected chi connectivity index (χ0v) is 14.1. The van der Waals surface area contributed by atoms with Gasteiger partial charge in [0.2, 0.25) is 11.8 Å². The van der Waals surface area contributed by atoms with Gasteiger partial charge in [0.15, 0.2) is 5.58 Å². The molecule has 136 valence electrons. The van der Waals surface area contributed by atoms with Gasteiger partial charge in [0.05, 0.1) is 24.9 Å². The lowest BCUT2D eigenvalue weighted by molar-refractivity contribution is -0.126. The van der Waals surface area contributed by atoms with E-state index in [0.717, 1.165) is 0 Å². The van der Waals surface area contributed by atoms with Crippen molar-refractivity contribution in [3.8, 4) is 0 Å². The number of carbonyl (C=O) groups excluding carboxylic acids is 2. The summed E-state index contributed by atoms with van der Waals surface area (Å²) < 4.78 is 11.7. The number of amides is 2. The lowest BCUT2D eigenvalue weighted by Gasteiger charge is -2.06. The molecular formula is C18H19N3O5. The Hall–Kier alpha value is -3.29. The van der Waals surface area contributed by atoms with E-state index in [9.17, 15) is 14.4 Å². The molecule has 2 aromatic heterocycles. The molecule has 0 saturated carbocycles. The van der Waals surface area contributed by atoms with E-state index in [2.05, 4.69) is 10.6 Å². The minimum Gasteiger partial charge on any atom is -0.467 e. The number of nitrogens with zero attached hydrogens (tertiary/aromatic N) is 1. The summed E-state index contributed by atoms with van der Waals surface area (Å²) in [5.41, 5.74) is 1.23. The zero-order chi connectivity index (χ0) is 18.4. The maximum Gasteiger partial charge on any atom is 0.419 e. The lowest BCUT2D eigenvalue weighted by Crippen LogP contribution is -2.36. The molecule has 2 amide bonds. The highest BCUT2D eigenvalue weighted by molar-refractivity contribution is 5.84. The number of furan rings is 1. The highest BCUT2D eigenvalue weighted by Gasteiger charge is 2.10. The predicted molar refractivity (Wildman–Crippen MR) is 93.3 cm³/mol. The smallest absolute Gasteiger partial charge is 0.419 e. The molecule has 0 radical (unpaired) electrons. The summed E-state index contributed by atoms with van der Waals surface area (Å²) in [5.74, 6) is -0.350. The number of para-hydroxylation sites is 2. The van der Waals surface area contributed by atoms with Crippen LogP contribution in [-0.2, 0) is 22.7 Å². The van der Waals surface area contributed by atoms with Crippen LogP contribution in [0.4, 0.5) is 0 Å². The third kappa shape index (κ3) is 4.41. The fraction of sp³-hybridized carbons (Fsp3) is 0.278. The van der Waals surface area contributed by atoms with Gasteiger partial charge in [-0.3, -0.25) is 14.2 Å². The topological polar surface area (TPSA) is 106 Å². The van der Waals surface area contributed by atoms with Gasteiger partial charge >= 0.3 is 5.76 Å². The number of hydrogen-bond acceptors (Lipinski definition) is 5. The van der Waals surface area contributed by atoms with E-state index in [-0.39, 0.29) is 31.3 Å². The highest BCUT2D eigenvalue weighted by atomic mass is 16.4. The Morgan fingerprint density at radius 3 is 2.69 bits per heavy atom. The first-order chi connectivity index (χ1) is 12.6. The van der Waals surface area contributed by atoms with Gasteiger partial charge < -0.3 is 19.5 Å². The van der Waals surface area contributed by atoms with E-state index in [0.29, 0.717) is 29.8 Å². The van der Waals surface area contributed by atoms with Crippen molar-refractivity contribution in [3.63, 3.8) is 0 Å². The number of oxazole rings is 1. The molecule has 2 N–H and O–H groups in total. The number of hydrogen-bond donors (Lipinski definition) is 2. The summed E-state index contributed by atoms with van der Waals surface area (Å²) >= 11 is 0. The van der Waals surface area contributed by atoms with Gasteiger partial charge in [-0.2, -0.15) is 0 Å². The molecule has 8 nitrogen and oxygen atoms in total. The molecule has 3 rings (SSSR count). The minimum atomic E-state index is -0.441. The Balaban J connectivity index is 1.39. The second kappa shape index (κ2) is 8.19. The Bertz CT molecular complexity index is 939. The second-order valence-electron chi connectivity index (χ2n) is 5.72. The molecular weight excluding hydrogens is 338 g/mol. The van der Waals surface area contributed by atoms with Gasteiger partial charge in [0, 0.05) is 13.0 Å². The maximum absolute atomic E-state index is 11.8. The van der Waals surface area contributed by atoms with Crippen molar-refractivity contribution in [1.29, 1.82) is 0 Å². The standard InChI is InChI=1S/C18H19N3O5/c22-16(20-12-17(23)19-11-13-5-4-10-25-13)8-3-9-21-14-6-1-2-7-15(14)26-18(21)24/h1-2,4-7,10H,3,8-9,11-12H2,(H,19,23)(H,20,22). The molecule has 26 heavy (non-hydrogen) atoms. The van der Waals surface area contributed by atoms with Gasteiger partial charge in [0.1, 0.15) is 5.76 Å². The number of nitrogens with one attached hydrogen (secondary N) is 2. The highest BCUT2D eigenvalue weighted by Crippen LogP contribution is 2.12. The normalized spacial score (nSPS) is 10.8. The molecule has 0 atom stereocenters. The Morgan fingerprint density at radius 2 is 1.88 bits per heavy atom. The van der Waals surface area contributed by atoms with Gasteiger partial charge in [-0.25, -0.2) is 4.79 Å². The number of carbonyl (C=O) groups is 2. The predicted octanol–water partition coefficient (Wildman–Crippen LogP) is 1.40. The van der Waals surface area contributed by atoms with Crippen molar-refractivity contribution in [1.82, 2.24) is 15.2 Å². The monoisotopic (exact) mass is 357 g/mol. The fourth-order valence-corrected chi connectivity index (χ4v) is 2.55. The molecule has 0 unspecified atom stereocenters. The van der Waals surface area contributed by atoms with Crippen molar-refractivity contribution in [2.45, 2.75) is 25.9 Å². The molecule has 0 aliphatic carbocycles.